The largest absolute Gasteiger partial charge is 0.497 e. The Morgan fingerprint density at radius 3 is 2.50 bits per heavy atom. The summed E-state index contributed by atoms with van der Waals surface area (Å²) < 4.78 is 16.4. The van der Waals surface area contributed by atoms with Crippen molar-refractivity contribution in [2.75, 3.05) is 20.8 Å². The van der Waals surface area contributed by atoms with Gasteiger partial charge in [0.2, 0.25) is 0 Å². The van der Waals surface area contributed by atoms with E-state index in [2.05, 4.69) is 24.4 Å². The number of rotatable bonds is 7. The number of methoxy groups -OCH3 is 2. The van der Waals surface area contributed by atoms with Gasteiger partial charge in [-0.25, -0.2) is 0 Å². The van der Waals surface area contributed by atoms with Gasteiger partial charge < -0.3 is 19.5 Å². The summed E-state index contributed by atoms with van der Waals surface area (Å²) >= 11 is 0. The van der Waals surface area contributed by atoms with E-state index in [-0.39, 0.29) is 18.2 Å². The third-order valence-corrected chi connectivity index (χ3v) is 3.98. The summed E-state index contributed by atoms with van der Waals surface area (Å²) in [6.07, 6.45) is 1.38. The molecule has 0 heterocycles. The van der Waals surface area contributed by atoms with Crippen molar-refractivity contribution in [3.05, 3.63) is 29.8 Å². The molecule has 0 spiro atoms. The number of nitrogens with one attached hydrogen (secondary N) is 1. The molecule has 4 nitrogen and oxygen atoms in total. The molecule has 0 aliphatic heterocycles. The Morgan fingerprint density at radius 2 is 1.95 bits per heavy atom. The van der Waals surface area contributed by atoms with Gasteiger partial charge in [-0.3, -0.25) is 0 Å². The van der Waals surface area contributed by atoms with Crippen molar-refractivity contribution in [3.8, 4) is 5.75 Å². The fourth-order valence-electron chi connectivity index (χ4n) is 2.75. The first kappa shape index (κ1) is 15.3. The molecule has 0 amide bonds. The topological polar surface area (TPSA) is 39.7 Å². The Morgan fingerprint density at radius 1 is 1.25 bits per heavy atom. The highest BCUT2D eigenvalue weighted by Crippen LogP contribution is 2.29. The first-order valence-electron chi connectivity index (χ1n) is 7.24. The number of ether oxygens (including phenoxy) is 3. The molecule has 0 radical (unpaired) electrons. The van der Waals surface area contributed by atoms with Gasteiger partial charge in [0.1, 0.15) is 5.75 Å². The van der Waals surface area contributed by atoms with Crippen LogP contribution in [0.3, 0.4) is 0 Å². The maximum absolute atomic E-state index is 5.65. The molecule has 1 aromatic carbocycles. The summed E-state index contributed by atoms with van der Waals surface area (Å²) in [5, 5.41) is 3.61. The van der Waals surface area contributed by atoms with E-state index in [1.807, 2.05) is 19.1 Å². The molecule has 4 unspecified atom stereocenters. The quantitative estimate of drug-likeness (QED) is 0.832. The van der Waals surface area contributed by atoms with Crippen LogP contribution in [-0.4, -0.2) is 39.1 Å². The summed E-state index contributed by atoms with van der Waals surface area (Å²) in [5.41, 5.74) is 1.25. The van der Waals surface area contributed by atoms with Gasteiger partial charge >= 0.3 is 0 Å². The molecular weight excluding hydrogens is 254 g/mol. The molecule has 0 saturated heterocycles. The second kappa shape index (κ2) is 7.07. The molecule has 1 aliphatic carbocycles. The van der Waals surface area contributed by atoms with Crippen molar-refractivity contribution in [2.45, 2.75) is 44.6 Å². The Balaban J connectivity index is 1.89. The van der Waals surface area contributed by atoms with Gasteiger partial charge in [-0.1, -0.05) is 12.1 Å². The molecule has 4 atom stereocenters. The molecule has 4 heteroatoms. The molecule has 1 saturated carbocycles. The number of benzene rings is 1. The van der Waals surface area contributed by atoms with E-state index in [1.54, 1.807) is 14.2 Å². The number of hydrogen-bond donors (Lipinski definition) is 1. The van der Waals surface area contributed by atoms with E-state index in [1.165, 1.54) is 5.56 Å². The van der Waals surface area contributed by atoms with Crippen LogP contribution >= 0.6 is 0 Å². The van der Waals surface area contributed by atoms with Crippen LogP contribution in [0.5, 0.6) is 5.75 Å². The zero-order chi connectivity index (χ0) is 14.5. The van der Waals surface area contributed by atoms with Crippen LogP contribution in [0.4, 0.5) is 0 Å². The first-order valence-corrected chi connectivity index (χ1v) is 7.24. The molecule has 0 bridgehead atoms. The van der Waals surface area contributed by atoms with Crippen LogP contribution in [0.2, 0.25) is 0 Å². The lowest BCUT2D eigenvalue weighted by Crippen LogP contribution is -2.60. The minimum absolute atomic E-state index is 0.149. The smallest absolute Gasteiger partial charge is 0.118 e. The highest BCUT2D eigenvalue weighted by atomic mass is 16.5. The van der Waals surface area contributed by atoms with Gasteiger partial charge in [0.15, 0.2) is 0 Å². The van der Waals surface area contributed by atoms with Gasteiger partial charge in [-0.05, 0) is 38.0 Å². The van der Waals surface area contributed by atoms with Crippen molar-refractivity contribution in [3.63, 3.8) is 0 Å². The average Bonchev–Trinajstić information content (AvgIpc) is 2.46. The molecule has 1 aliphatic rings. The lowest BCUT2D eigenvalue weighted by atomic mass is 9.84. The summed E-state index contributed by atoms with van der Waals surface area (Å²) in [5.74, 6) is 0.885. The van der Waals surface area contributed by atoms with Gasteiger partial charge in [0, 0.05) is 25.8 Å². The molecule has 20 heavy (non-hydrogen) atoms. The predicted octanol–water partition coefficient (Wildman–Crippen LogP) is 2.54. The monoisotopic (exact) mass is 279 g/mol. The molecule has 1 N–H and O–H groups in total. The SMILES string of the molecule is CCOC1CC(NC(C)c2ccc(OC)cc2)C1OC. The van der Waals surface area contributed by atoms with Gasteiger partial charge in [-0.15, -0.1) is 0 Å². The summed E-state index contributed by atoms with van der Waals surface area (Å²) in [7, 11) is 3.44. The number of hydrogen-bond acceptors (Lipinski definition) is 4. The van der Waals surface area contributed by atoms with E-state index in [0.717, 1.165) is 18.8 Å². The fourth-order valence-corrected chi connectivity index (χ4v) is 2.75. The molecule has 2 rings (SSSR count). The van der Waals surface area contributed by atoms with Crippen molar-refractivity contribution in [1.29, 1.82) is 0 Å². The minimum Gasteiger partial charge on any atom is -0.497 e. The lowest BCUT2D eigenvalue weighted by molar-refractivity contribution is -0.133. The van der Waals surface area contributed by atoms with Crippen LogP contribution in [0.25, 0.3) is 0 Å². The van der Waals surface area contributed by atoms with Crippen LogP contribution in [0, 0.1) is 0 Å². The van der Waals surface area contributed by atoms with Crippen LogP contribution < -0.4 is 10.1 Å². The van der Waals surface area contributed by atoms with Gasteiger partial charge in [0.25, 0.3) is 0 Å². The second-order valence-corrected chi connectivity index (χ2v) is 5.20. The maximum Gasteiger partial charge on any atom is 0.118 e. The van der Waals surface area contributed by atoms with Crippen molar-refractivity contribution in [2.24, 2.45) is 0 Å². The third kappa shape index (κ3) is 3.32. The van der Waals surface area contributed by atoms with E-state index in [4.69, 9.17) is 14.2 Å². The van der Waals surface area contributed by atoms with Crippen LogP contribution in [0.15, 0.2) is 24.3 Å². The molecule has 112 valence electrons. The molecule has 1 fully saturated rings. The fraction of sp³-hybridized carbons (Fsp3) is 0.625. The normalized spacial score (nSPS) is 26.9. The Kier molecular flexibility index (Phi) is 5.40. The highest BCUT2D eigenvalue weighted by molar-refractivity contribution is 5.29. The van der Waals surface area contributed by atoms with E-state index >= 15 is 0 Å². The van der Waals surface area contributed by atoms with Crippen molar-refractivity contribution < 1.29 is 14.2 Å². The Hall–Kier alpha value is -1.10. The maximum atomic E-state index is 5.65. The minimum atomic E-state index is 0.149. The highest BCUT2D eigenvalue weighted by Gasteiger charge is 2.42. The molecule has 0 aromatic heterocycles. The van der Waals surface area contributed by atoms with E-state index < -0.39 is 0 Å². The first-order chi connectivity index (χ1) is 9.69. The van der Waals surface area contributed by atoms with Gasteiger partial charge in [0.05, 0.1) is 19.3 Å². The zero-order valence-electron chi connectivity index (χ0n) is 12.8. The third-order valence-electron chi connectivity index (χ3n) is 3.98. The Bertz CT molecular complexity index is 407. The lowest BCUT2D eigenvalue weighted by Gasteiger charge is -2.44. The standard InChI is InChI=1S/C16H25NO3/c1-5-20-15-10-14(16(15)19-4)17-11(2)12-6-8-13(18-3)9-7-12/h6-9,11,14-17H,5,10H2,1-4H3. The Labute approximate surface area is 121 Å². The molecule has 1 aromatic rings. The van der Waals surface area contributed by atoms with E-state index in [0.29, 0.717) is 6.04 Å². The summed E-state index contributed by atoms with van der Waals surface area (Å²) in [6.45, 7) is 4.93. The second-order valence-electron chi connectivity index (χ2n) is 5.20. The predicted molar refractivity (Wildman–Crippen MR) is 79.2 cm³/mol. The van der Waals surface area contributed by atoms with Crippen LogP contribution in [-0.2, 0) is 9.47 Å². The average molecular weight is 279 g/mol. The zero-order valence-corrected chi connectivity index (χ0v) is 12.8. The van der Waals surface area contributed by atoms with Crippen molar-refractivity contribution in [1.82, 2.24) is 5.32 Å². The van der Waals surface area contributed by atoms with E-state index in [9.17, 15) is 0 Å². The van der Waals surface area contributed by atoms with Crippen molar-refractivity contribution >= 4 is 0 Å². The molecular formula is C16H25NO3. The summed E-state index contributed by atoms with van der Waals surface area (Å²) in [6, 6.07) is 8.81. The van der Waals surface area contributed by atoms with Gasteiger partial charge in [-0.2, -0.15) is 0 Å². The summed E-state index contributed by atoms with van der Waals surface area (Å²) in [4.78, 5) is 0. The van der Waals surface area contributed by atoms with Crippen LogP contribution in [0.1, 0.15) is 31.9 Å².